The van der Waals surface area contributed by atoms with E-state index < -0.39 is 5.97 Å². The van der Waals surface area contributed by atoms with E-state index in [1.54, 1.807) is 0 Å². The predicted molar refractivity (Wildman–Crippen MR) is 136 cm³/mol. The summed E-state index contributed by atoms with van der Waals surface area (Å²) in [6.45, 7) is 7.31. The predicted octanol–water partition coefficient (Wildman–Crippen LogP) is 7.10. The normalized spacial score (nSPS) is 24.1. The van der Waals surface area contributed by atoms with Crippen LogP contribution >= 0.6 is 11.6 Å². The SMILES string of the molecule is CC(C)(C)c1ccc(Cn2ccc3c(Cl)ccc(C(=O)CC4CC5(C4)CC(C(=O)O)C5)c32)cc1. The van der Waals surface area contributed by atoms with Gasteiger partial charge in [-0.25, -0.2) is 0 Å². The van der Waals surface area contributed by atoms with Gasteiger partial charge in [0.05, 0.1) is 11.4 Å². The number of aromatic nitrogens is 1. The summed E-state index contributed by atoms with van der Waals surface area (Å²) in [6, 6.07) is 14.4. The fourth-order valence-corrected chi connectivity index (χ4v) is 6.34. The van der Waals surface area contributed by atoms with Gasteiger partial charge in [-0.05, 0) is 71.8 Å². The van der Waals surface area contributed by atoms with E-state index in [1.165, 1.54) is 11.1 Å². The Morgan fingerprint density at radius 2 is 1.71 bits per heavy atom. The molecule has 2 aliphatic rings. The molecule has 178 valence electrons. The molecule has 2 fully saturated rings. The number of fused-ring (bicyclic) bond motifs is 1. The number of hydrogen-bond donors (Lipinski definition) is 1. The van der Waals surface area contributed by atoms with Crippen molar-refractivity contribution in [3.8, 4) is 0 Å². The Bertz CT molecular complexity index is 1250. The van der Waals surface area contributed by atoms with Gasteiger partial charge in [0.1, 0.15) is 0 Å². The number of carboxylic acid groups (broad SMARTS) is 1. The van der Waals surface area contributed by atoms with E-state index in [2.05, 4.69) is 49.6 Å². The summed E-state index contributed by atoms with van der Waals surface area (Å²) < 4.78 is 2.13. The lowest BCUT2D eigenvalue weighted by Gasteiger charge is -2.56. The molecule has 2 aliphatic carbocycles. The Labute approximate surface area is 205 Å². The van der Waals surface area contributed by atoms with Crippen molar-refractivity contribution in [1.29, 1.82) is 0 Å². The van der Waals surface area contributed by atoms with Crippen LogP contribution in [0.2, 0.25) is 5.02 Å². The minimum atomic E-state index is -0.678. The second kappa shape index (κ2) is 8.27. The van der Waals surface area contributed by atoms with Gasteiger partial charge in [0.2, 0.25) is 0 Å². The zero-order chi connectivity index (χ0) is 24.3. The van der Waals surface area contributed by atoms with E-state index in [-0.39, 0.29) is 22.5 Å². The monoisotopic (exact) mass is 477 g/mol. The summed E-state index contributed by atoms with van der Waals surface area (Å²) in [7, 11) is 0. The van der Waals surface area contributed by atoms with Crippen LogP contribution in [0.3, 0.4) is 0 Å². The molecule has 1 heterocycles. The number of benzene rings is 2. The third-order valence-corrected chi connectivity index (χ3v) is 8.30. The Balaban J connectivity index is 1.33. The number of hydrogen-bond acceptors (Lipinski definition) is 2. The molecule has 0 amide bonds. The zero-order valence-electron chi connectivity index (χ0n) is 20.1. The molecule has 0 aliphatic heterocycles. The molecule has 1 aromatic heterocycles. The number of rotatable bonds is 6. The van der Waals surface area contributed by atoms with E-state index in [1.807, 2.05) is 24.4 Å². The van der Waals surface area contributed by atoms with Crippen LogP contribution in [0.5, 0.6) is 0 Å². The molecule has 1 N–H and O–H groups in total. The van der Waals surface area contributed by atoms with E-state index in [9.17, 15) is 9.59 Å². The molecule has 4 nitrogen and oxygen atoms in total. The zero-order valence-corrected chi connectivity index (χ0v) is 20.9. The summed E-state index contributed by atoms with van der Waals surface area (Å²) in [6.07, 6.45) is 6.02. The van der Waals surface area contributed by atoms with E-state index in [4.69, 9.17) is 16.7 Å². The van der Waals surface area contributed by atoms with Gasteiger partial charge in [-0.1, -0.05) is 56.6 Å². The van der Waals surface area contributed by atoms with Crippen LogP contribution in [0.4, 0.5) is 0 Å². The molecular formula is C29H32ClNO3. The maximum Gasteiger partial charge on any atom is 0.306 e. The molecular weight excluding hydrogens is 446 g/mol. The molecule has 0 unspecified atom stereocenters. The third kappa shape index (κ3) is 4.17. The first-order chi connectivity index (χ1) is 16.0. The minimum absolute atomic E-state index is 0.111. The number of Topliss-reactive ketones (excluding diaryl/α,β-unsaturated/α-hetero) is 1. The second-order valence-electron chi connectivity index (χ2n) is 11.6. The van der Waals surface area contributed by atoms with Crippen LogP contribution in [0.1, 0.15) is 74.4 Å². The quantitative estimate of drug-likeness (QED) is 0.385. The highest BCUT2D eigenvalue weighted by Gasteiger charge is 2.54. The Kier molecular flexibility index (Phi) is 5.63. The van der Waals surface area contributed by atoms with Gasteiger partial charge in [-0.15, -0.1) is 0 Å². The number of aliphatic carboxylic acids is 1. The summed E-state index contributed by atoms with van der Waals surface area (Å²) in [5, 5.41) is 10.7. The van der Waals surface area contributed by atoms with E-state index in [0.29, 0.717) is 23.9 Å². The second-order valence-corrected chi connectivity index (χ2v) is 12.0. The van der Waals surface area contributed by atoms with Crippen molar-refractivity contribution in [3.63, 3.8) is 0 Å². The maximum atomic E-state index is 13.4. The van der Waals surface area contributed by atoms with Gasteiger partial charge in [0, 0.05) is 35.1 Å². The van der Waals surface area contributed by atoms with Crippen LogP contribution in [0.25, 0.3) is 10.9 Å². The molecule has 3 aromatic rings. The number of carbonyl (C=O) groups excluding carboxylic acids is 1. The summed E-state index contributed by atoms with van der Waals surface area (Å²) in [4.78, 5) is 24.5. The van der Waals surface area contributed by atoms with Crippen molar-refractivity contribution in [3.05, 3.63) is 70.4 Å². The molecule has 1 spiro atoms. The summed E-state index contributed by atoms with van der Waals surface area (Å²) in [5.41, 5.74) is 4.41. The number of halogens is 1. The molecule has 0 bridgehead atoms. The summed E-state index contributed by atoms with van der Waals surface area (Å²) in [5.74, 6) is -0.365. The Morgan fingerprint density at radius 1 is 1.03 bits per heavy atom. The van der Waals surface area contributed by atoms with Crippen molar-refractivity contribution >= 4 is 34.3 Å². The van der Waals surface area contributed by atoms with Crippen molar-refractivity contribution in [2.75, 3.05) is 0 Å². The highest BCUT2D eigenvalue weighted by Crippen LogP contribution is 2.62. The maximum absolute atomic E-state index is 13.4. The van der Waals surface area contributed by atoms with Crippen molar-refractivity contribution in [1.82, 2.24) is 4.57 Å². The molecule has 5 rings (SSSR count). The van der Waals surface area contributed by atoms with Crippen molar-refractivity contribution < 1.29 is 14.7 Å². The van der Waals surface area contributed by atoms with Crippen molar-refractivity contribution in [2.45, 2.75) is 64.8 Å². The third-order valence-electron chi connectivity index (χ3n) is 7.97. The minimum Gasteiger partial charge on any atom is -0.481 e. The van der Waals surface area contributed by atoms with Gasteiger partial charge in [-0.3, -0.25) is 9.59 Å². The Hall–Kier alpha value is -2.59. The fourth-order valence-electron chi connectivity index (χ4n) is 6.13. The molecule has 34 heavy (non-hydrogen) atoms. The number of carbonyl (C=O) groups is 2. The fraction of sp³-hybridized carbons (Fsp3) is 0.448. The average Bonchev–Trinajstić information content (AvgIpc) is 3.13. The van der Waals surface area contributed by atoms with Crippen LogP contribution in [0, 0.1) is 17.3 Å². The smallest absolute Gasteiger partial charge is 0.306 e. The molecule has 0 saturated heterocycles. The average molecular weight is 478 g/mol. The highest BCUT2D eigenvalue weighted by molar-refractivity contribution is 6.36. The van der Waals surface area contributed by atoms with Gasteiger partial charge < -0.3 is 9.67 Å². The molecule has 0 radical (unpaired) electrons. The lowest BCUT2D eigenvalue weighted by Crippen LogP contribution is -2.50. The first-order valence-corrected chi connectivity index (χ1v) is 12.6. The molecule has 0 atom stereocenters. The standard InChI is InChI=1S/C29H32ClNO3/c1-28(2,3)21-6-4-18(5-7-21)17-31-11-10-22-24(30)9-8-23(26(22)31)25(32)12-19-13-29(14-19)15-20(16-29)27(33)34/h4-11,19-20H,12-17H2,1-3H3,(H,33,34). The lowest BCUT2D eigenvalue weighted by molar-refractivity contribution is -0.157. The van der Waals surface area contributed by atoms with Crippen molar-refractivity contribution in [2.24, 2.45) is 17.3 Å². The number of ketones is 1. The van der Waals surface area contributed by atoms with Crippen LogP contribution in [-0.2, 0) is 16.8 Å². The largest absolute Gasteiger partial charge is 0.481 e. The van der Waals surface area contributed by atoms with Gasteiger partial charge in [-0.2, -0.15) is 0 Å². The first-order valence-electron chi connectivity index (χ1n) is 12.2. The molecule has 2 saturated carbocycles. The number of carboxylic acids is 1. The lowest BCUT2D eigenvalue weighted by atomic mass is 9.47. The topological polar surface area (TPSA) is 59.3 Å². The van der Waals surface area contributed by atoms with Gasteiger partial charge in [0.25, 0.3) is 0 Å². The first kappa shape index (κ1) is 23.2. The van der Waals surface area contributed by atoms with E-state index >= 15 is 0 Å². The molecule has 5 heteroatoms. The van der Waals surface area contributed by atoms with Crippen LogP contribution in [-0.4, -0.2) is 21.4 Å². The van der Waals surface area contributed by atoms with E-state index in [0.717, 1.165) is 42.1 Å². The van der Waals surface area contributed by atoms with Crippen LogP contribution in [0.15, 0.2) is 48.7 Å². The molecule has 2 aromatic carbocycles. The highest BCUT2D eigenvalue weighted by atomic mass is 35.5. The van der Waals surface area contributed by atoms with Gasteiger partial charge in [0.15, 0.2) is 5.78 Å². The summed E-state index contributed by atoms with van der Waals surface area (Å²) >= 11 is 6.50. The van der Waals surface area contributed by atoms with Crippen LogP contribution < -0.4 is 0 Å². The number of nitrogens with zero attached hydrogens (tertiary/aromatic N) is 1. The van der Waals surface area contributed by atoms with Gasteiger partial charge >= 0.3 is 5.97 Å². The Morgan fingerprint density at radius 3 is 2.32 bits per heavy atom.